The molecule has 0 bridgehead atoms. The summed E-state index contributed by atoms with van der Waals surface area (Å²) < 4.78 is 14.4. The van der Waals surface area contributed by atoms with E-state index >= 15 is 0 Å². The third kappa shape index (κ3) is 5.49. The molecule has 0 saturated heterocycles. The minimum atomic E-state index is -0.424. The lowest BCUT2D eigenvalue weighted by Gasteiger charge is -2.25. The lowest BCUT2D eigenvalue weighted by Crippen LogP contribution is -2.38. The Morgan fingerprint density at radius 1 is 1.00 bits per heavy atom. The first-order valence-electron chi connectivity index (χ1n) is 10.2. The molecule has 0 saturated carbocycles. The van der Waals surface area contributed by atoms with Gasteiger partial charge in [-0.3, -0.25) is 14.4 Å². The summed E-state index contributed by atoms with van der Waals surface area (Å²) >= 11 is 0. The molecular weight excluding hydrogens is 409 g/mol. The summed E-state index contributed by atoms with van der Waals surface area (Å²) in [6.07, 6.45) is 1.39. The Bertz CT molecular complexity index is 1160. The quantitative estimate of drug-likeness (QED) is 0.619. The molecule has 0 fully saturated rings. The van der Waals surface area contributed by atoms with Crippen molar-refractivity contribution in [1.82, 2.24) is 9.88 Å². The lowest BCUT2D eigenvalue weighted by atomic mass is 9.84. The maximum Gasteiger partial charge on any atom is 0.252 e. The van der Waals surface area contributed by atoms with Crippen LogP contribution in [0, 0.1) is 5.82 Å². The van der Waals surface area contributed by atoms with E-state index in [1.807, 2.05) is 32.0 Å². The van der Waals surface area contributed by atoms with E-state index in [-0.39, 0.29) is 35.3 Å². The number of amides is 2. The van der Waals surface area contributed by atoms with E-state index in [4.69, 9.17) is 0 Å². The van der Waals surface area contributed by atoms with E-state index in [1.165, 1.54) is 39.9 Å². The van der Waals surface area contributed by atoms with Gasteiger partial charge >= 0.3 is 0 Å². The maximum atomic E-state index is 13.2. The molecule has 1 aromatic heterocycles. The van der Waals surface area contributed by atoms with Crippen molar-refractivity contribution in [3.63, 3.8) is 0 Å². The number of benzene rings is 2. The summed E-state index contributed by atoms with van der Waals surface area (Å²) in [5.74, 6) is -0.964. The predicted octanol–water partition coefficient (Wildman–Crippen LogP) is 3.36. The molecule has 0 unspecified atom stereocenters. The van der Waals surface area contributed by atoms with Crippen molar-refractivity contribution in [2.24, 2.45) is 0 Å². The number of carbonyl (C=O) groups is 2. The highest BCUT2D eigenvalue weighted by Gasteiger charge is 2.22. The summed E-state index contributed by atoms with van der Waals surface area (Å²) in [5.41, 5.74) is 1.07. The van der Waals surface area contributed by atoms with Crippen molar-refractivity contribution in [1.29, 1.82) is 0 Å². The Hall–Kier alpha value is -3.74. The monoisotopic (exact) mass is 435 g/mol. The third-order valence-corrected chi connectivity index (χ3v) is 5.39. The first-order chi connectivity index (χ1) is 15.2. The summed E-state index contributed by atoms with van der Waals surface area (Å²) in [5, 5.41) is 2.86. The molecule has 6 nitrogen and oxygen atoms in total. The van der Waals surface area contributed by atoms with Gasteiger partial charge in [0.2, 0.25) is 5.91 Å². The van der Waals surface area contributed by atoms with Crippen LogP contribution in [0.1, 0.15) is 29.8 Å². The van der Waals surface area contributed by atoms with Crippen molar-refractivity contribution in [3.8, 4) is 0 Å². The summed E-state index contributed by atoms with van der Waals surface area (Å²) in [6.45, 7) is 4.01. The molecule has 2 aromatic carbocycles. The normalized spacial score (nSPS) is 11.1. The molecule has 1 N–H and O–H groups in total. The van der Waals surface area contributed by atoms with Crippen LogP contribution in [0.25, 0.3) is 0 Å². The highest BCUT2D eigenvalue weighted by molar-refractivity contribution is 5.94. The van der Waals surface area contributed by atoms with Crippen LogP contribution in [-0.2, 0) is 16.8 Å². The fourth-order valence-corrected chi connectivity index (χ4v) is 3.24. The number of anilines is 1. The van der Waals surface area contributed by atoms with E-state index in [1.54, 1.807) is 31.3 Å². The van der Waals surface area contributed by atoms with Crippen molar-refractivity contribution in [2.45, 2.75) is 25.8 Å². The number of nitrogens with zero attached hydrogens (tertiary/aromatic N) is 2. The molecule has 166 valence electrons. The van der Waals surface area contributed by atoms with Gasteiger partial charge in [0.25, 0.3) is 11.5 Å². The van der Waals surface area contributed by atoms with Gasteiger partial charge in [-0.05, 0) is 35.9 Å². The second-order valence-corrected chi connectivity index (χ2v) is 8.25. The van der Waals surface area contributed by atoms with Crippen LogP contribution < -0.4 is 15.8 Å². The second-order valence-electron chi connectivity index (χ2n) is 8.25. The molecule has 0 aliphatic rings. The van der Waals surface area contributed by atoms with Gasteiger partial charge in [0, 0.05) is 37.0 Å². The molecule has 0 spiro atoms. The Morgan fingerprint density at radius 2 is 1.66 bits per heavy atom. The van der Waals surface area contributed by atoms with Gasteiger partial charge in [-0.1, -0.05) is 44.2 Å². The molecule has 7 heteroatoms. The van der Waals surface area contributed by atoms with Gasteiger partial charge in [-0.15, -0.1) is 0 Å². The van der Waals surface area contributed by atoms with E-state index < -0.39 is 5.41 Å². The predicted molar refractivity (Wildman–Crippen MR) is 122 cm³/mol. The van der Waals surface area contributed by atoms with Crippen LogP contribution in [0.3, 0.4) is 0 Å². The number of hydrogen-bond donors (Lipinski definition) is 1. The first kappa shape index (κ1) is 22.9. The van der Waals surface area contributed by atoms with Crippen LogP contribution in [0.15, 0.2) is 77.7 Å². The molecule has 32 heavy (non-hydrogen) atoms. The van der Waals surface area contributed by atoms with Crippen molar-refractivity contribution in [2.75, 3.05) is 18.5 Å². The Kier molecular flexibility index (Phi) is 6.88. The molecule has 1 heterocycles. The van der Waals surface area contributed by atoms with Crippen molar-refractivity contribution >= 4 is 17.5 Å². The number of carbonyl (C=O) groups excluding carboxylic acids is 2. The average Bonchev–Trinajstić information content (AvgIpc) is 2.79. The Morgan fingerprint density at radius 3 is 2.31 bits per heavy atom. The number of nitrogens with one attached hydrogen (secondary N) is 1. The molecule has 0 aliphatic heterocycles. The highest BCUT2D eigenvalue weighted by atomic mass is 19.1. The number of pyridine rings is 1. The van der Waals surface area contributed by atoms with Crippen LogP contribution in [-0.4, -0.2) is 30.0 Å². The zero-order chi connectivity index (χ0) is 23.3. The van der Waals surface area contributed by atoms with E-state index in [9.17, 15) is 18.8 Å². The molecule has 3 aromatic rings. The van der Waals surface area contributed by atoms with Gasteiger partial charge in [-0.2, -0.15) is 0 Å². The van der Waals surface area contributed by atoms with Gasteiger partial charge in [0.1, 0.15) is 12.4 Å². The van der Waals surface area contributed by atoms with Gasteiger partial charge in [-0.25, -0.2) is 4.39 Å². The SMILES string of the molecule is CN(C(=O)Cn1cc(C(=O)NCC(C)(C)c2ccc(F)cc2)ccc1=O)c1ccccc1. The van der Waals surface area contributed by atoms with Crippen molar-refractivity contribution in [3.05, 3.63) is 100 Å². The zero-order valence-electron chi connectivity index (χ0n) is 18.3. The molecule has 0 aliphatic carbocycles. The number of likely N-dealkylation sites (N-methyl/N-ethyl adjacent to an activating group) is 1. The minimum absolute atomic E-state index is 0.188. The third-order valence-electron chi connectivity index (χ3n) is 5.39. The second kappa shape index (κ2) is 9.60. The van der Waals surface area contributed by atoms with Crippen LogP contribution >= 0.6 is 0 Å². The number of aromatic nitrogens is 1. The number of halogens is 1. The van der Waals surface area contributed by atoms with Crippen LogP contribution in [0.2, 0.25) is 0 Å². The van der Waals surface area contributed by atoms with E-state index in [0.717, 1.165) is 5.56 Å². The summed E-state index contributed by atoms with van der Waals surface area (Å²) in [7, 11) is 1.64. The molecule has 0 atom stereocenters. The van der Waals surface area contributed by atoms with Gasteiger partial charge in [0.15, 0.2) is 0 Å². The lowest BCUT2D eigenvalue weighted by molar-refractivity contribution is -0.118. The highest BCUT2D eigenvalue weighted by Crippen LogP contribution is 2.22. The molecule has 0 radical (unpaired) electrons. The smallest absolute Gasteiger partial charge is 0.252 e. The Labute approximate surface area is 186 Å². The molecule has 2 amide bonds. The first-order valence-corrected chi connectivity index (χ1v) is 10.2. The zero-order valence-corrected chi connectivity index (χ0v) is 18.3. The number of hydrogen-bond acceptors (Lipinski definition) is 3. The number of rotatable bonds is 7. The summed E-state index contributed by atoms with van der Waals surface area (Å²) in [6, 6.07) is 18.0. The number of para-hydroxylation sites is 1. The molecule has 3 rings (SSSR count). The minimum Gasteiger partial charge on any atom is -0.351 e. The van der Waals surface area contributed by atoms with Crippen LogP contribution in [0.4, 0.5) is 10.1 Å². The fraction of sp³-hybridized carbons (Fsp3) is 0.240. The molecular formula is C25H26FN3O3. The van der Waals surface area contributed by atoms with E-state index in [0.29, 0.717) is 12.2 Å². The maximum absolute atomic E-state index is 13.2. The van der Waals surface area contributed by atoms with Gasteiger partial charge in [0.05, 0.1) is 5.56 Å². The largest absolute Gasteiger partial charge is 0.351 e. The van der Waals surface area contributed by atoms with Gasteiger partial charge < -0.3 is 14.8 Å². The Balaban J connectivity index is 1.69. The topological polar surface area (TPSA) is 71.4 Å². The van der Waals surface area contributed by atoms with Crippen molar-refractivity contribution < 1.29 is 14.0 Å². The average molecular weight is 435 g/mol. The van der Waals surface area contributed by atoms with Crippen LogP contribution in [0.5, 0.6) is 0 Å². The van der Waals surface area contributed by atoms with E-state index in [2.05, 4.69) is 5.32 Å². The summed E-state index contributed by atoms with van der Waals surface area (Å²) in [4.78, 5) is 39.0. The fourth-order valence-electron chi connectivity index (χ4n) is 3.24. The standard InChI is InChI=1S/C25H26FN3O3/c1-25(2,19-10-12-20(26)13-11-19)17-27-24(32)18-9-14-22(30)29(15-18)16-23(31)28(3)21-7-5-4-6-8-21/h4-15H,16-17H2,1-3H3,(H,27,32).